The molecular formula is C19H15ClF3N3O. The summed E-state index contributed by atoms with van der Waals surface area (Å²) in [6.45, 7) is 1.14. The van der Waals surface area contributed by atoms with Crippen molar-refractivity contribution in [1.82, 2.24) is 14.3 Å². The Bertz CT molecular complexity index is 1030. The Labute approximate surface area is 158 Å². The van der Waals surface area contributed by atoms with E-state index >= 15 is 0 Å². The molecule has 4 nitrogen and oxygen atoms in total. The Morgan fingerprint density at radius 1 is 1.19 bits per heavy atom. The normalized spacial score (nSPS) is 14.4. The second-order valence-electron chi connectivity index (χ2n) is 6.55. The fourth-order valence-corrected chi connectivity index (χ4v) is 3.58. The van der Waals surface area contributed by atoms with Gasteiger partial charge in [0.2, 0.25) is 5.91 Å². The van der Waals surface area contributed by atoms with Crippen LogP contribution in [0.1, 0.15) is 22.4 Å². The third kappa shape index (κ3) is 3.51. The third-order valence-corrected chi connectivity index (χ3v) is 4.98. The van der Waals surface area contributed by atoms with Gasteiger partial charge in [0, 0.05) is 25.5 Å². The van der Waals surface area contributed by atoms with Gasteiger partial charge >= 0.3 is 6.18 Å². The minimum absolute atomic E-state index is 0.0154. The van der Waals surface area contributed by atoms with Crippen molar-refractivity contribution in [1.29, 1.82) is 0 Å². The molecule has 0 spiro atoms. The SMILES string of the molecule is O=C(Cc1cn2cc(C(F)(F)F)cc(Cl)c2n1)N1CCc2ccccc2C1. The molecule has 1 aromatic carbocycles. The van der Waals surface area contributed by atoms with Gasteiger partial charge in [0.15, 0.2) is 5.65 Å². The van der Waals surface area contributed by atoms with Gasteiger partial charge in [-0.15, -0.1) is 0 Å². The quantitative estimate of drug-likeness (QED) is 0.656. The van der Waals surface area contributed by atoms with Crippen LogP contribution in [-0.2, 0) is 30.4 Å². The molecule has 0 aliphatic carbocycles. The van der Waals surface area contributed by atoms with Crippen molar-refractivity contribution < 1.29 is 18.0 Å². The van der Waals surface area contributed by atoms with E-state index in [1.165, 1.54) is 16.2 Å². The molecule has 0 saturated carbocycles. The van der Waals surface area contributed by atoms with Gasteiger partial charge in [-0.25, -0.2) is 4.98 Å². The van der Waals surface area contributed by atoms with Crippen LogP contribution in [0, 0.1) is 0 Å². The molecule has 0 radical (unpaired) electrons. The highest BCUT2D eigenvalue weighted by Gasteiger charge is 2.32. The first kappa shape index (κ1) is 17.9. The van der Waals surface area contributed by atoms with Crippen LogP contribution in [-0.4, -0.2) is 26.7 Å². The number of nitrogens with zero attached hydrogens (tertiary/aromatic N) is 3. The summed E-state index contributed by atoms with van der Waals surface area (Å²) >= 11 is 5.94. The summed E-state index contributed by atoms with van der Waals surface area (Å²) in [5.74, 6) is -0.111. The van der Waals surface area contributed by atoms with Crippen LogP contribution in [0.15, 0.2) is 42.7 Å². The summed E-state index contributed by atoms with van der Waals surface area (Å²) < 4.78 is 40.0. The number of alkyl halides is 3. The fraction of sp³-hybridized carbons (Fsp3) is 0.263. The van der Waals surface area contributed by atoms with E-state index in [1.54, 1.807) is 4.90 Å². The van der Waals surface area contributed by atoms with Crippen LogP contribution >= 0.6 is 11.6 Å². The number of imidazole rings is 1. The Morgan fingerprint density at radius 3 is 2.67 bits per heavy atom. The van der Waals surface area contributed by atoms with Gasteiger partial charge in [-0.3, -0.25) is 4.79 Å². The molecule has 1 aliphatic rings. The van der Waals surface area contributed by atoms with Gasteiger partial charge in [0.25, 0.3) is 0 Å². The van der Waals surface area contributed by atoms with Crippen LogP contribution in [0.2, 0.25) is 5.02 Å². The van der Waals surface area contributed by atoms with E-state index in [9.17, 15) is 18.0 Å². The number of rotatable bonds is 2. The molecule has 27 heavy (non-hydrogen) atoms. The van der Waals surface area contributed by atoms with Crippen LogP contribution in [0.5, 0.6) is 0 Å². The summed E-state index contributed by atoms with van der Waals surface area (Å²) in [7, 11) is 0. The molecule has 2 aromatic heterocycles. The molecule has 0 saturated heterocycles. The predicted molar refractivity (Wildman–Crippen MR) is 94.5 cm³/mol. The molecule has 1 amide bonds. The van der Waals surface area contributed by atoms with Crippen molar-refractivity contribution in [2.75, 3.05) is 6.54 Å². The molecule has 4 rings (SSSR count). The Hall–Kier alpha value is -2.54. The van der Waals surface area contributed by atoms with Crippen molar-refractivity contribution in [3.8, 4) is 0 Å². The highest BCUT2D eigenvalue weighted by molar-refractivity contribution is 6.33. The lowest BCUT2D eigenvalue weighted by atomic mass is 10.00. The number of hydrogen-bond acceptors (Lipinski definition) is 2. The second-order valence-corrected chi connectivity index (χ2v) is 6.96. The van der Waals surface area contributed by atoms with Crippen molar-refractivity contribution in [2.45, 2.75) is 25.6 Å². The number of pyridine rings is 1. The minimum atomic E-state index is -4.50. The van der Waals surface area contributed by atoms with Gasteiger partial charge in [-0.2, -0.15) is 13.2 Å². The minimum Gasteiger partial charge on any atom is -0.338 e. The Morgan fingerprint density at radius 2 is 1.93 bits per heavy atom. The van der Waals surface area contributed by atoms with E-state index in [2.05, 4.69) is 11.1 Å². The lowest BCUT2D eigenvalue weighted by Crippen LogP contribution is -2.36. The number of hydrogen-bond donors (Lipinski definition) is 0. The number of benzene rings is 1. The largest absolute Gasteiger partial charge is 0.417 e. The number of halogens is 4. The average Bonchev–Trinajstić information content (AvgIpc) is 3.03. The molecule has 0 fully saturated rings. The van der Waals surface area contributed by atoms with Crippen LogP contribution in [0.3, 0.4) is 0 Å². The smallest absolute Gasteiger partial charge is 0.338 e. The molecule has 1 aliphatic heterocycles. The van der Waals surface area contributed by atoms with Gasteiger partial charge in [0.05, 0.1) is 22.7 Å². The molecular weight excluding hydrogens is 379 g/mol. The summed E-state index contributed by atoms with van der Waals surface area (Å²) in [6.07, 6.45) is -1.35. The monoisotopic (exact) mass is 393 g/mol. The van der Waals surface area contributed by atoms with Crippen molar-refractivity contribution in [2.24, 2.45) is 0 Å². The molecule has 3 heterocycles. The van der Waals surface area contributed by atoms with Crippen LogP contribution < -0.4 is 0 Å². The zero-order valence-corrected chi connectivity index (χ0v) is 14.9. The zero-order chi connectivity index (χ0) is 19.2. The van der Waals surface area contributed by atoms with E-state index in [1.807, 2.05) is 18.2 Å². The van der Waals surface area contributed by atoms with Crippen LogP contribution in [0.4, 0.5) is 13.2 Å². The van der Waals surface area contributed by atoms with E-state index in [0.717, 1.165) is 24.2 Å². The first-order valence-electron chi connectivity index (χ1n) is 8.40. The maximum Gasteiger partial charge on any atom is 0.417 e. The van der Waals surface area contributed by atoms with Crippen LogP contribution in [0.25, 0.3) is 5.65 Å². The van der Waals surface area contributed by atoms with E-state index in [4.69, 9.17) is 11.6 Å². The van der Waals surface area contributed by atoms with Crippen molar-refractivity contribution in [3.05, 3.63) is 70.1 Å². The Balaban J connectivity index is 1.55. The number of carbonyl (C=O) groups excluding carboxylic acids is 1. The maximum atomic E-state index is 12.9. The molecule has 140 valence electrons. The standard InChI is InChI=1S/C19H15ClF3N3O/c20-16-7-14(19(21,22)23)10-26-11-15(24-18(16)26)8-17(27)25-6-5-12-3-1-2-4-13(12)9-25/h1-4,7,10-11H,5-6,8-9H2. The van der Waals surface area contributed by atoms with E-state index < -0.39 is 11.7 Å². The van der Waals surface area contributed by atoms with Gasteiger partial charge in [0.1, 0.15) is 0 Å². The predicted octanol–water partition coefficient (Wildman–Crippen LogP) is 4.13. The molecule has 0 bridgehead atoms. The number of aromatic nitrogens is 2. The number of carbonyl (C=O) groups is 1. The fourth-order valence-electron chi connectivity index (χ4n) is 3.32. The summed E-state index contributed by atoms with van der Waals surface area (Å²) in [5.41, 5.74) is 2.09. The van der Waals surface area contributed by atoms with Gasteiger partial charge in [-0.05, 0) is 23.6 Å². The maximum absolute atomic E-state index is 12.9. The average molecular weight is 394 g/mol. The number of amides is 1. The van der Waals surface area contributed by atoms with Gasteiger partial charge in [-0.1, -0.05) is 35.9 Å². The topological polar surface area (TPSA) is 37.6 Å². The molecule has 3 aromatic rings. The number of fused-ring (bicyclic) bond motifs is 2. The summed E-state index contributed by atoms with van der Waals surface area (Å²) in [4.78, 5) is 18.6. The highest BCUT2D eigenvalue weighted by atomic mass is 35.5. The molecule has 8 heteroatoms. The summed E-state index contributed by atoms with van der Waals surface area (Å²) in [5, 5.41) is -0.101. The Kier molecular flexibility index (Phi) is 4.34. The molecule has 0 atom stereocenters. The van der Waals surface area contributed by atoms with Gasteiger partial charge < -0.3 is 9.30 Å². The lowest BCUT2D eigenvalue weighted by molar-refractivity contribution is -0.138. The van der Waals surface area contributed by atoms with Crippen molar-refractivity contribution >= 4 is 23.2 Å². The van der Waals surface area contributed by atoms with Crippen molar-refractivity contribution in [3.63, 3.8) is 0 Å². The third-order valence-electron chi connectivity index (χ3n) is 4.70. The van der Waals surface area contributed by atoms with E-state index in [-0.39, 0.29) is 23.0 Å². The second kappa shape index (κ2) is 6.56. The molecule has 0 unspecified atom stereocenters. The summed E-state index contributed by atoms with van der Waals surface area (Å²) in [6, 6.07) is 8.82. The first-order valence-corrected chi connectivity index (χ1v) is 8.78. The highest BCUT2D eigenvalue weighted by Crippen LogP contribution is 2.32. The lowest BCUT2D eigenvalue weighted by Gasteiger charge is -2.28. The van der Waals surface area contributed by atoms with E-state index in [0.29, 0.717) is 18.8 Å². The first-order chi connectivity index (χ1) is 12.8. The molecule has 0 N–H and O–H groups in total. The zero-order valence-electron chi connectivity index (χ0n) is 14.1.